The maximum Gasteiger partial charge on any atom is 0.313 e. The van der Waals surface area contributed by atoms with Gasteiger partial charge in [-0.3, -0.25) is 9.54 Å². The van der Waals surface area contributed by atoms with Crippen LogP contribution in [-0.4, -0.2) is 27.9 Å². The molecule has 0 saturated carbocycles. The molecule has 0 aliphatic carbocycles. The summed E-state index contributed by atoms with van der Waals surface area (Å²) in [4.78, 5) is 11.0. The van der Waals surface area contributed by atoms with E-state index in [1.54, 1.807) is 6.20 Å². The summed E-state index contributed by atoms with van der Waals surface area (Å²) in [5, 5.41) is -0.435. The van der Waals surface area contributed by atoms with Crippen molar-refractivity contribution in [3.05, 3.63) is 73.3 Å². The summed E-state index contributed by atoms with van der Waals surface area (Å²) in [6.07, 6.45) is 5.25. The third kappa shape index (κ3) is 6.33. The van der Waals surface area contributed by atoms with Crippen LogP contribution in [0.1, 0.15) is 0 Å². The smallest absolute Gasteiger partial charge is 0.305 e. The Morgan fingerprint density at radius 3 is 2.22 bits per heavy atom. The molecular weight excluding hydrogens is 494 g/mol. The average Bonchev–Trinajstić information content (AvgIpc) is 2.57. The van der Waals surface area contributed by atoms with E-state index in [0.29, 0.717) is 0 Å². The second kappa shape index (κ2) is 9.22. The molecule has 3 rings (SSSR count). The molecule has 6 nitrogen and oxygen atoms in total. The van der Waals surface area contributed by atoms with E-state index in [1.807, 2.05) is 42.5 Å². The van der Waals surface area contributed by atoms with E-state index < -0.39 is 15.1 Å². The molecule has 0 spiro atoms. The van der Waals surface area contributed by atoms with Gasteiger partial charge in [0.15, 0.2) is 0 Å². The first-order chi connectivity index (χ1) is 10.6. The van der Waals surface area contributed by atoms with Crippen molar-refractivity contribution in [2.24, 2.45) is 0 Å². The third-order valence-corrected chi connectivity index (χ3v) is 3.19. The first-order valence-electron chi connectivity index (χ1n) is 6.19. The molecule has 23 heavy (non-hydrogen) atoms. The van der Waals surface area contributed by atoms with Gasteiger partial charge in [-0.25, -0.2) is 4.98 Å². The second-order valence-corrected chi connectivity index (χ2v) is 5.38. The van der Waals surface area contributed by atoms with Crippen LogP contribution in [0.5, 0.6) is 0 Å². The summed E-state index contributed by atoms with van der Waals surface area (Å²) < 4.78 is 28.9. The molecule has 0 aliphatic heterocycles. The minimum atomic E-state index is -4.18. The molecule has 0 fully saturated rings. The van der Waals surface area contributed by atoms with Gasteiger partial charge in [0.25, 0.3) is 0 Å². The van der Waals surface area contributed by atoms with Crippen molar-refractivity contribution in [1.29, 1.82) is 0 Å². The Balaban J connectivity index is 0.000000224. The summed E-state index contributed by atoms with van der Waals surface area (Å²) in [5.41, 5.74) is 2.01. The van der Waals surface area contributed by atoms with Gasteiger partial charge in [0.1, 0.15) is 0 Å². The van der Waals surface area contributed by atoms with Crippen LogP contribution in [0.25, 0.3) is 11.3 Å². The van der Waals surface area contributed by atoms with E-state index in [2.05, 4.69) is 21.0 Å². The number of aromatic nitrogens is 3. The predicted molar refractivity (Wildman–Crippen MR) is 80.4 cm³/mol. The Bertz CT molecular complexity index is 764. The van der Waals surface area contributed by atoms with Crippen molar-refractivity contribution in [2.75, 3.05) is 0 Å². The van der Waals surface area contributed by atoms with Gasteiger partial charge < -0.3 is 4.98 Å². The molecule has 1 radical (unpaired) electrons. The predicted octanol–water partition coefficient (Wildman–Crippen LogP) is 2.27. The van der Waals surface area contributed by atoms with Gasteiger partial charge in [0.2, 0.25) is 5.03 Å². The fourth-order valence-corrected chi connectivity index (χ4v) is 1.88. The largest absolute Gasteiger partial charge is 0.313 e. The van der Waals surface area contributed by atoms with E-state index in [9.17, 15) is 8.42 Å². The molecule has 2 heterocycles. The molecule has 0 atom stereocenters. The van der Waals surface area contributed by atoms with Crippen LogP contribution in [0.4, 0.5) is 0 Å². The van der Waals surface area contributed by atoms with Crippen LogP contribution in [0.3, 0.4) is 0 Å². The zero-order valence-corrected chi connectivity index (χ0v) is 14.9. The Morgan fingerprint density at radius 2 is 1.74 bits per heavy atom. The van der Waals surface area contributed by atoms with Crippen LogP contribution in [0.15, 0.2) is 72.3 Å². The second-order valence-electron chi connectivity index (χ2n) is 4.01. The van der Waals surface area contributed by atoms with Gasteiger partial charge in [-0.15, -0.1) is 35.9 Å². The zero-order valence-electron chi connectivity index (χ0n) is 11.7. The van der Waals surface area contributed by atoms with Crippen molar-refractivity contribution in [3.63, 3.8) is 0 Å². The van der Waals surface area contributed by atoms with E-state index in [4.69, 9.17) is 4.55 Å². The van der Waals surface area contributed by atoms with Crippen LogP contribution >= 0.6 is 0 Å². The monoisotopic (exact) mass is 507 g/mol. The number of nitrogens with zero attached hydrogens (tertiary/aromatic N) is 3. The summed E-state index contributed by atoms with van der Waals surface area (Å²) >= 11 is 0. The minimum absolute atomic E-state index is 0. The normalized spacial score (nSPS) is 9.96. The van der Waals surface area contributed by atoms with Crippen LogP contribution in [0, 0.1) is 6.07 Å². The maximum atomic E-state index is 10.3. The van der Waals surface area contributed by atoms with Gasteiger partial charge in [-0.1, -0.05) is 12.1 Å². The Hall–Kier alpha value is -1.99. The van der Waals surface area contributed by atoms with Gasteiger partial charge >= 0.3 is 10.1 Å². The molecule has 0 amide bonds. The van der Waals surface area contributed by atoms with Gasteiger partial charge in [-0.2, -0.15) is 8.42 Å². The van der Waals surface area contributed by atoms with Gasteiger partial charge in [-0.05, 0) is 11.8 Å². The van der Waals surface area contributed by atoms with E-state index in [1.165, 1.54) is 12.4 Å². The molecule has 2 aromatic heterocycles. The van der Waals surface area contributed by atoms with Crippen LogP contribution in [0.2, 0.25) is 0 Å². The average molecular weight is 507 g/mol. The number of pyridine rings is 1. The van der Waals surface area contributed by atoms with Crippen LogP contribution in [-0.2, 0) is 30.2 Å². The fourth-order valence-electron chi connectivity index (χ4n) is 1.49. The summed E-state index contributed by atoms with van der Waals surface area (Å²) in [6.45, 7) is 0. The first-order valence-corrected chi connectivity index (χ1v) is 7.63. The molecule has 0 unspecified atom stereocenters. The number of hydrogen-bond acceptors (Lipinski definition) is 5. The summed E-state index contributed by atoms with van der Waals surface area (Å²) in [7, 11) is -4.18. The molecular formula is C15H12IrN3O3S-. The molecule has 8 heteroatoms. The van der Waals surface area contributed by atoms with E-state index in [0.717, 1.165) is 17.5 Å². The molecule has 0 saturated heterocycles. The molecule has 0 bridgehead atoms. The Morgan fingerprint density at radius 1 is 0.957 bits per heavy atom. The van der Waals surface area contributed by atoms with Crippen molar-refractivity contribution in [3.8, 4) is 11.3 Å². The Kier molecular flexibility index (Phi) is 7.64. The van der Waals surface area contributed by atoms with Gasteiger partial charge in [0, 0.05) is 38.7 Å². The first kappa shape index (κ1) is 19.1. The van der Waals surface area contributed by atoms with Gasteiger partial charge in [0.05, 0.1) is 6.20 Å². The van der Waals surface area contributed by atoms with Crippen molar-refractivity contribution < 1.29 is 33.1 Å². The van der Waals surface area contributed by atoms with Crippen molar-refractivity contribution in [1.82, 2.24) is 15.0 Å². The molecule has 1 aromatic carbocycles. The van der Waals surface area contributed by atoms with Crippen LogP contribution < -0.4 is 0 Å². The quantitative estimate of drug-likeness (QED) is 0.424. The number of rotatable bonds is 2. The summed E-state index contributed by atoms with van der Waals surface area (Å²) in [6, 6.07) is 16.8. The Labute approximate surface area is 147 Å². The zero-order chi connectivity index (χ0) is 15.8. The molecule has 0 aliphatic rings. The van der Waals surface area contributed by atoms with E-state index in [-0.39, 0.29) is 20.1 Å². The third-order valence-electron chi connectivity index (χ3n) is 2.45. The number of benzene rings is 1. The van der Waals surface area contributed by atoms with Crippen molar-refractivity contribution >= 4 is 10.1 Å². The van der Waals surface area contributed by atoms with E-state index >= 15 is 0 Å². The molecule has 121 valence electrons. The topological polar surface area (TPSA) is 93.0 Å². The minimum Gasteiger partial charge on any atom is -0.305 e. The van der Waals surface area contributed by atoms with Crippen molar-refractivity contribution in [2.45, 2.75) is 5.03 Å². The standard InChI is InChI=1S/C11H8N.C4H4N2O3S.Ir/c1-2-6-10(7-3-1)11-8-4-5-9-12-11;7-10(8,9)4-3-5-1-2-6-4;/h1-6,8-9H;1-3H,(H,7,8,9);/q-1;;. The maximum absolute atomic E-state index is 10.3. The summed E-state index contributed by atoms with van der Waals surface area (Å²) in [5.74, 6) is 0. The molecule has 1 N–H and O–H groups in total. The SMILES string of the molecule is O=S(=O)(O)c1cnccn1.[Ir].[c-]1ccccc1-c1ccccn1. The number of hydrogen-bond donors (Lipinski definition) is 1. The fraction of sp³-hybridized carbons (Fsp3) is 0. The molecule has 3 aromatic rings.